The second-order valence-corrected chi connectivity index (χ2v) is 12.7. The topological polar surface area (TPSA) is 86.8 Å². The van der Waals surface area contributed by atoms with Crippen LogP contribution in [-0.4, -0.2) is 44.3 Å². The number of anilines is 1. The monoisotopic (exact) mass is 701 g/mol. The van der Waals surface area contributed by atoms with Gasteiger partial charge in [0.15, 0.2) is 0 Å². The molecule has 0 bridgehead atoms. The van der Waals surface area contributed by atoms with Crippen LogP contribution < -0.4 is 9.62 Å². The van der Waals surface area contributed by atoms with E-state index >= 15 is 0 Å². The van der Waals surface area contributed by atoms with E-state index in [9.17, 15) is 18.0 Å². The van der Waals surface area contributed by atoms with Crippen LogP contribution in [0.15, 0.2) is 77.7 Å². The predicted octanol–water partition coefficient (Wildman–Crippen LogP) is 6.13. The Morgan fingerprint density at radius 2 is 1.54 bits per heavy atom. The van der Waals surface area contributed by atoms with Gasteiger partial charge in [-0.15, -0.1) is 0 Å². The molecular formula is C28H30Cl2IN3O4S. The van der Waals surface area contributed by atoms with Crippen LogP contribution in [0.2, 0.25) is 10.0 Å². The smallest absolute Gasteiger partial charge is 0.264 e. The highest BCUT2D eigenvalue weighted by Gasteiger charge is 2.34. The number of hydrogen-bond acceptors (Lipinski definition) is 4. The number of rotatable bonds is 12. The van der Waals surface area contributed by atoms with Crippen LogP contribution in [0.3, 0.4) is 0 Å². The van der Waals surface area contributed by atoms with Gasteiger partial charge in [-0.1, -0.05) is 61.3 Å². The molecule has 208 valence electrons. The number of amides is 2. The van der Waals surface area contributed by atoms with Gasteiger partial charge in [0.1, 0.15) is 12.6 Å². The third kappa shape index (κ3) is 7.87. The van der Waals surface area contributed by atoms with Gasteiger partial charge in [-0.05, 0) is 84.0 Å². The van der Waals surface area contributed by atoms with Crippen molar-refractivity contribution in [2.45, 2.75) is 44.2 Å². The molecule has 39 heavy (non-hydrogen) atoms. The SMILES string of the molecule is CCCNC(=O)[C@@H](CC)N(Cc1c(Cl)cccc1Cl)C(=O)CN(c1ccc(I)cc1)S(=O)(=O)c1ccccc1. The van der Waals surface area contributed by atoms with Gasteiger partial charge in [-0.2, -0.15) is 0 Å². The summed E-state index contributed by atoms with van der Waals surface area (Å²) in [6.07, 6.45) is 1.03. The lowest BCUT2D eigenvalue weighted by Gasteiger charge is -2.33. The van der Waals surface area contributed by atoms with Crippen LogP contribution >= 0.6 is 45.8 Å². The summed E-state index contributed by atoms with van der Waals surface area (Å²) >= 11 is 15.0. The largest absolute Gasteiger partial charge is 0.354 e. The number of nitrogens with zero attached hydrogens (tertiary/aromatic N) is 2. The number of benzene rings is 3. The summed E-state index contributed by atoms with van der Waals surface area (Å²) in [5.74, 6) is -0.898. The minimum Gasteiger partial charge on any atom is -0.354 e. The molecule has 0 spiro atoms. The van der Waals surface area contributed by atoms with Crippen LogP contribution in [0.5, 0.6) is 0 Å². The zero-order valence-corrected chi connectivity index (χ0v) is 26.1. The summed E-state index contributed by atoms with van der Waals surface area (Å²) in [6.45, 7) is 3.57. The molecule has 3 aromatic rings. The van der Waals surface area contributed by atoms with Gasteiger partial charge in [-0.25, -0.2) is 8.42 Å². The van der Waals surface area contributed by atoms with Crippen molar-refractivity contribution >= 4 is 73.3 Å². The molecule has 0 saturated heterocycles. The number of carbonyl (C=O) groups is 2. The molecule has 0 aromatic heterocycles. The lowest BCUT2D eigenvalue weighted by atomic mass is 10.1. The molecule has 11 heteroatoms. The van der Waals surface area contributed by atoms with Gasteiger partial charge in [0.25, 0.3) is 10.0 Å². The molecule has 7 nitrogen and oxygen atoms in total. The Morgan fingerprint density at radius 3 is 2.10 bits per heavy atom. The Balaban J connectivity index is 2.07. The van der Waals surface area contributed by atoms with Crippen LogP contribution in [0.25, 0.3) is 0 Å². The van der Waals surface area contributed by atoms with Crippen molar-refractivity contribution in [3.63, 3.8) is 0 Å². The molecule has 3 rings (SSSR count). The first-order valence-corrected chi connectivity index (χ1v) is 15.7. The second kappa shape index (κ2) is 14.3. The molecule has 0 saturated carbocycles. The molecule has 0 aliphatic carbocycles. The average molecular weight is 702 g/mol. The summed E-state index contributed by atoms with van der Waals surface area (Å²) in [4.78, 5) is 28.6. The molecule has 0 radical (unpaired) electrons. The molecule has 1 N–H and O–H groups in total. The molecule has 0 heterocycles. The lowest BCUT2D eigenvalue weighted by molar-refractivity contribution is -0.140. The van der Waals surface area contributed by atoms with Gasteiger partial charge in [0.05, 0.1) is 10.6 Å². The van der Waals surface area contributed by atoms with Gasteiger partial charge >= 0.3 is 0 Å². The summed E-state index contributed by atoms with van der Waals surface area (Å²) in [6, 6.07) is 18.9. The summed E-state index contributed by atoms with van der Waals surface area (Å²) in [7, 11) is -4.12. The Hall–Kier alpha value is -2.34. The Labute approximate surface area is 253 Å². The van der Waals surface area contributed by atoms with E-state index in [1.165, 1.54) is 17.0 Å². The fourth-order valence-electron chi connectivity index (χ4n) is 4.00. The van der Waals surface area contributed by atoms with Gasteiger partial charge in [-0.3, -0.25) is 13.9 Å². The molecular weight excluding hydrogens is 672 g/mol. The van der Waals surface area contributed by atoms with Gasteiger partial charge in [0, 0.05) is 32.3 Å². The van der Waals surface area contributed by atoms with E-state index in [1.54, 1.807) is 67.6 Å². The minimum absolute atomic E-state index is 0.0461. The van der Waals surface area contributed by atoms with E-state index < -0.39 is 28.5 Å². The van der Waals surface area contributed by atoms with Gasteiger partial charge < -0.3 is 10.2 Å². The van der Waals surface area contributed by atoms with Crippen LogP contribution in [0.4, 0.5) is 5.69 Å². The third-order valence-corrected chi connectivity index (χ3v) is 9.27. The van der Waals surface area contributed by atoms with E-state index in [2.05, 4.69) is 27.9 Å². The first kappa shape index (κ1) is 31.2. The van der Waals surface area contributed by atoms with Crippen LogP contribution in [-0.2, 0) is 26.2 Å². The molecule has 2 amide bonds. The second-order valence-electron chi connectivity index (χ2n) is 8.74. The zero-order valence-electron chi connectivity index (χ0n) is 21.6. The van der Waals surface area contributed by atoms with Crippen molar-refractivity contribution in [1.82, 2.24) is 10.2 Å². The summed E-state index contributed by atoms with van der Waals surface area (Å²) in [5.41, 5.74) is 0.800. The molecule has 0 aliphatic heterocycles. The molecule has 1 atom stereocenters. The van der Waals surface area contributed by atoms with E-state index in [0.717, 1.165) is 14.3 Å². The van der Waals surface area contributed by atoms with Crippen molar-refractivity contribution < 1.29 is 18.0 Å². The number of sulfonamides is 1. The zero-order chi connectivity index (χ0) is 28.6. The first-order chi connectivity index (χ1) is 18.6. The number of hydrogen-bond donors (Lipinski definition) is 1. The van der Waals surface area contributed by atoms with E-state index in [1.807, 2.05) is 6.92 Å². The highest BCUT2D eigenvalue weighted by atomic mass is 127. The van der Waals surface area contributed by atoms with Crippen LogP contribution in [0.1, 0.15) is 32.3 Å². The molecule has 3 aromatic carbocycles. The summed E-state index contributed by atoms with van der Waals surface area (Å²) in [5, 5.41) is 3.54. The maximum atomic E-state index is 14.0. The highest BCUT2D eigenvalue weighted by molar-refractivity contribution is 14.1. The maximum absolute atomic E-state index is 14.0. The standard InChI is InChI=1S/C28H30Cl2IN3O4S/c1-3-17-32-28(36)26(4-2)33(18-23-24(29)11-8-12-25(23)30)27(35)19-34(21-15-13-20(31)14-16-21)39(37,38)22-9-6-5-7-10-22/h5-16,26H,3-4,17-19H2,1-2H3,(H,32,36)/t26-/m1/s1. The van der Waals surface area contributed by atoms with Crippen molar-refractivity contribution in [2.24, 2.45) is 0 Å². The minimum atomic E-state index is -4.12. The maximum Gasteiger partial charge on any atom is 0.264 e. The Morgan fingerprint density at radius 1 is 0.923 bits per heavy atom. The quantitative estimate of drug-likeness (QED) is 0.231. The fraction of sp³-hybridized carbons (Fsp3) is 0.286. The molecule has 0 aliphatic rings. The van der Waals surface area contributed by atoms with Crippen LogP contribution in [0, 0.1) is 3.57 Å². The summed E-state index contributed by atoms with van der Waals surface area (Å²) < 4.78 is 29.6. The van der Waals surface area contributed by atoms with Crippen molar-refractivity contribution in [3.8, 4) is 0 Å². The number of halogens is 3. The fourth-order valence-corrected chi connectivity index (χ4v) is 6.31. The molecule has 0 fully saturated rings. The van der Waals surface area contributed by atoms with Gasteiger partial charge in [0.2, 0.25) is 11.8 Å². The van der Waals surface area contributed by atoms with Crippen molar-refractivity contribution in [1.29, 1.82) is 0 Å². The molecule has 0 unspecified atom stereocenters. The van der Waals surface area contributed by atoms with E-state index in [4.69, 9.17) is 23.2 Å². The van der Waals surface area contributed by atoms with Crippen molar-refractivity contribution in [2.75, 3.05) is 17.4 Å². The average Bonchev–Trinajstić information content (AvgIpc) is 2.92. The number of carbonyl (C=O) groups excluding carboxylic acids is 2. The Kier molecular flexibility index (Phi) is 11.5. The number of nitrogens with one attached hydrogen (secondary N) is 1. The van der Waals surface area contributed by atoms with E-state index in [-0.39, 0.29) is 17.3 Å². The lowest BCUT2D eigenvalue weighted by Crippen LogP contribution is -2.52. The highest BCUT2D eigenvalue weighted by Crippen LogP contribution is 2.29. The normalized spacial score (nSPS) is 12.0. The first-order valence-electron chi connectivity index (χ1n) is 12.4. The third-order valence-electron chi connectivity index (χ3n) is 6.05. The predicted molar refractivity (Wildman–Crippen MR) is 165 cm³/mol. The Bertz CT molecular complexity index is 1370. The van der Waals surface area contributed by atoms with E-state index in [0.29, 0.717) is 34.3 Å². The van der Waals surface area contributed by atoms with Crippen molar-refractivity contribution in [3.05, 3.63) is 92.0 Å².